The Morgan fingerprint density at radius 2 is 2.10 bits per heavy atom. The van der Waals surface area contributed by atoms with Crippen molar-refractivity contribution < 1.29 is 14.2 Å². The number of nitrogen functional groups attached to an aromatic ring is 1. The standard InChI is InChI=1S/C12H13ClN4O3/c1-17(12(18)10-11(14)16-20-15-10)6-7-19-9-4-2-8(13)3-5-9/h2-5H,6-7H2,1H3,(H2,14,16). The Bertz CT molecular complexity index is 585. The maximum absolute atomic E-state index is 11.9. The van der Waals surface area contributed by atoms with Crippen molar-refractivity contribution >= 4 is 23.3 Å². The number of nitrogens with zero attached hydrogens (tertiary/aromatic N) is 3. The van der Waals surface area contributed by atoms with Gasteiger partial charge in [-0.25, -0.2) is 4.63 Å². The minimum Gasteiger partial charge on any atom is -0.492 e. The molecule has 1 amide bonds. The summed E-state index contributed by atoms with van der Waals surface area (Å²) in [5.74, 6) is 0.279. The zero-order valence-electron chi connectivity index (χ0n) is 10.7. The van der Waals surface area contributed by atoms with Gasteiger partial charge in [0, 0.05) is 12.1 Å². The molecule has 0 aliphatic rings. The van der Waals surface area contributed by atoms with Gasteiger partial charge in [0.1, 0.15) is 12.4 Å². The summed E-state index contributed by atoms with van der Waals surface area (Å²) in [5, 5.41) is 7.45. The van der Waals surface area contributed by atoms with E-state index in [1.807, 2.05) is 0 Å². The molecule has 0 bridgehead atoms. The van der Waals surface area contributed by atoms with Crippen LogP contribution >= 0.6 is 11.6 Å². The second kappa shape index (κ2) is 6.25. The van der Waals surface area contributed by atoms with E-state index >= 15 is 0 Å². The highest BCUT2D eigenvalue weighted by Crippen LogP contribution is 2.15. The Kier molecular flexibility index (Phi) is 4.41. The van der Waals surface area contributed by atoms with E-state index in [1.54, 1.807) is 31.3 Å². The second-order valence-corrected chi connectivity index (χ2v) is 4.46. The van der Waals surface area contributed by atoms with Gasteiger partial charge < -0.3 is 15.4 Å². The van der Waals surface area contributed by atoms with Gasteiger partial charge in [-0.1, -0.05) is 11.6 Å². The fraction of sp³-hybridized carbons (Fsp3) is 0.250. The predicted octanol–water partition coefficient (Wildman–Crippen LogP) is 1.46. The van der Waals surface area contributed by atoms with Crippen molar-refractivity contribution in [3.05, 3.63) is 35.0 Å². The number of amides is 1. The monoisotopic (exact) mass is 296 g/mol. The summed E-state index contributed by atoms with van der Waals surface area (Å²) in [6, 6.07) is 6.97. The van der Waals surface area contributed by atoms with E-state index in [4.69, 9.17) is 22.1 Å². The number of carbonyl (C=O) groups is 1. The first-order valence-corrected chi connectivity index (χ1v) is 6.17. The van der Waals surface area contributed by atoms with Crippen LogP contribution in [0.15, 0.2) is 28.9 Å². The summed E-state index contributed by atoms with van der Waals surface area (Å²) in [5.41, 5.74) is 5.45. The number of halogens is 1. The van der Waals surface area contributed by atoms with Gasteiger partial charge in [0.2, 0.25) is 11.5 Å². The van der Waals surface area contributed by atoms with E-state index in [0.717, 1.165) is 0 Å². The van der Waals surface area contributed by atoms with Gasteiger partial charge in [-0.3, -0.25) is 4.79 Å². The van der Waals surface area contributed by atoms with Crippen LogP contribution in [0.5, 0.6) is 5.75 Å². The summed E-state index contributed by atoms with van der Waals surface area (Å²) in [6.45, 7) is 0.697. The first-order chi connectivity index (χ1) is 9.58. The summed E-state index contributed by atoms with van der Waals surface area (Å²) >= 11 is 5.77. The third-order valence-corrected chi connectivity index (χ3v) is 2.82. The molecular weight excluding hydrogens is 284 g/mol. The lowest BCUT2D eigenvalue weighted by Gasteiger charge is -2.16. The topological polar surface area (TPSA) is 94.5 Å². The molecule has 0 aliphatic heterocycles. The Balaban J connectivity index is 1.83. The summed E-state index contributed by atoms with van der Waals surface area (Å²) in [6.07, 6.45) is 0. The van der Waals surface area contributed by atoms with Crippen LogP contribution in [0.25, 0.3) is 0 Å². The maximum Gasteiger partial charge on any atom is 0.279 e. The largest absolute Gasteiger partial charge is 0.492 e. The molecule has 1 aromatic carbocycles. The Labute approximate surface area is 120 Å². The molecule has 1 aromatic heterocycles. The van der Waals surface area contributed by atoms with Crippen molar-refractivity contribution in [2.24, 2.45) is 0 Å². The normalized spacial score (nSPS) is 10.3. The number of aromatic nitrogens is 2. The fourth-order valence-corrected chi connectivity index (χ4v) is 1.58. The van der Waals surface area contributed by atoms with Gasteiger partial charge in [0.25, 0.3) is 5.91 Å². The van der Waals surface area contributed by atoms with E-state index in [0.29, 0.717) is 23.9 Å². The molecule has 0 spiro atoms. The van der Waals surface area contributed by atoms with E-state index in [9.17, 15) is 4.79 Å². The highest BCUT2D eigenvalue weighted by Gasteiger charge is 2.19. The molecule has 0 radical (unpaired) electrons. The number of rotatable bonds is 5. The number of carbonyl (C=O) groups excluding carboxylic acids is 1. The molecule has 0 unspecified atom stereocenters. The third-order valence-electron chi connectivity index (χ3n) is 2.57. The molecule has 106 valence electrons. The summed E-state index contributed by atoms with van der Waals surface area (Å²) < 4.78 is 9.87. The molecular formula is C12H13ClN4O3. The molecule has 2 N–H and O–H groups in total. The molecule has 7 nitrogen and oxygen atoms in total. The van der Waals surface area contributed by atoms with Crippen LogP contribution in [0.2, 0.25) is 5.02 Å². The van der Waals surface area contributed by atoms with E-state index in [-0.39, 0.29) is 17.4 Å². The first-order valence-electron chi connectivity index (χ1n) is 5.80. The number of anilines is 1. The van der Waals surface area contributed by atoms with Crippen LogP contribution in [0, 0.1) is 0 Å². The SMILES string of the molecule is CN(CCOc1ccc(Cl)cc1)C(=O)c1nonc1N. The Morgan fingerprint density at radius 3 is 2.70 bits per heavy atom. The van der Waals surface area contributed by atoms with Gasteiger partial charge >= 0.3 is 0 Å². The van der Waals surface area contributed by atoms with Crippen molar-refractivity contribution in [2.45, 2.75) is 0 Å². The van der Waals surface area contributed by atoms with Crippen molar-refractivity contribution in [3.8, 4) is 5.75 Å². The van der Waals surface area contributed by atoms with Crippen LogP contribution in [0.3, 0.4) is 0 Å². The first kappa shape index (κ1) is 14.1. The highest BCUT2D eigenvalue weighted by molar-refractivity contribution is 6.30. The van der Waals surface area contributed by atoms with Gasteiger partial charge in [0.15, 0.2) is 0 Å². The van der Waals surface area contributed by atoms with Crippen molar-refractivity contribution in [3.63, 3.8) is 0 Å². The number of hydrogen-bond donors (Lipinski definition) is 1. The van der Waals surface area contributed by atoms with Gasteiger partial charge in [-0.15, -0.1) is 0 Å². The molecule has 0 atom stereocenters. The van der Waals surface area contributed by atoms with Gasteiger partial charge in [-0.2, -0.15) is 0 Å². The lowest BCUT2D eigenvalue weighted by Crippen LogP contribution is -2.31. The number of ether oxygens (including phenoxy) is 1. The molecule has 1 heterocycles. The number of hydrogen-bond acceptors (Lipinski definition) is 6. The number of nitrogens with two attached hydrogens (primary N) is 1. The zero-order chi connectivity index (χ0) is 14.5. The maximum atomic E-state index is 11.9. The summed E-state index contributed by atoms with van der Waals surface area (Å²) in [7, 11) is 1.61. The van der Waals surface area contributed by atoms with E-state index in [2.05, 4.69) is 14.9 Å². The van der Waals surface area contributed by atoms with Crippen molar-refractivity contribution in [1.82, 2.24) is 15.2 Å². The average Bonchev–Trinajstić information content (AvgIpc) is 2.86. The zero-order valence-corrected chi connectivity index (χ0v) is 11.5. The van der Waals surface area contributed by atoms with Crippen LogP contribution < -0.4 is 10.5 Å². The van der Waals surface area contributed by atoms with Crippen LogP contribution in [-0.2, 0) is 0 Å². The summed E-state index contributed by atoms with van der Waals surface area (Å²) in [4.78, 5) is 13.3. The lowest BCUT2D eigenvalue weighted by molar-refractivity contribution is 0.0763. The van der Waals surface area contributed by atoms with E-state index < -0.39 is 0 Å². The number of likely N-dealkylation sites (N-methyl/N-ethyl adjacent to an activating group) is 1. The van der Waals surface area contributed by atoms with Crippen molar-refractivity contribution in [2.75, 3.05) is 25.9 Å². The molecule has 8 heteroatoms. The van der Waals surface area contributed by atoms with Gasteiger partial charge in [0.05, 0.1) is 6.54 Å². The second-order valence-electron chi connectivity index (χ2n) is 4.03. The Hall–Kier alpha value is -2.28. The quantitative estimate of drug-likeness (QED) is 0.897. The molecule has 0 saturated carbocycles. The molecule has 0 fully saturated rings. The smallest absolute Gasteiger partial charge is 0.279 e. The molecule has 2 rings (SSSR count). The van der Waals surface area contributed by atoms with Crippen LogP contribution in [-0.4, -0.2) is 41.3 Å². The van der Waals surface area contributed by atoms with E-state index in [1.165, 1.54) is 4.90 Å². The number of benzene rings is 1. The lowest BCUT2D eigenvalue weighted by atomic mass is 10.3. The third kappa shape index (κ3) is 3.39. The molecule has 0 saturated heterocycles. The minimum absolute atomic E-state index is 0.000932. The van der Waals surface area contributed by atoms with Gasteiger partial charge in [-0.05, 0) is 34.6 Å². The van der Waals surface area contributed by atoms with Crippen LogP contribution in [0.4, 0.5) is 5.82 Å². The molecule has 2 aromatic rings. The molecule has 0 aliphatic carbocycles. The molecule has 20 heavy (non-hydrogen) atoms. The fourth-order valence-electron chi connectivity index (χ4n) is 1.46. The highest BCUT2D eigenvalue weighted by atomic mass is 35.5. The van der Waals surface area contributed by atoms with Crippen molar-refractivity contribution in [1.29, 1.82) is 0 Å². The van der Waals surface area contributed by atoms with Crippen LogP contribution in [0.1, 0.15) is 10.5 Å². The average molecular weight is 297 g/mol. The minimum atomic E-state index is -0.372. The Morgan fingerprint density at radius 1 is 1.40 bits per heavy atom. The predicted molar refractivity (Wildman–Crippen MR) is 72.6 cm³/mol.